The maximum atomic E-state index is 10.7. The molecule has 0 heterocycles. The normalized spacial score (nSPS) is 9.09. The number of carbonyl (C=O) groups excluding carboxylic acids is 2. The van der Waals surface area contributed by atoms with Gasteiger partial charge in [0, 0.05) is 7.05 Å². The highest BCUT2D eigenvalue weighted by molar-refractivity contribution is 5.68. The lowest BCUT2D eigenvalue weighted by molar-refractivity contribution is -0.119. The predicted molar refractivity (Wildman–Crippen MR) is 38.6 cm³/mol. The summed E-state index contributed by atoms with van der Waals surface area (Å²) in [6.07, 6.45) is -0.341. The second kappa shape index (κ2) is 4.54. The van der Waals surface area contributed by atoms with Crippen LogP contribution in [0.1, 0.15) is 13.8 Å². The highest BCUT2D eigenvalue weighted by Crippen LogP contribution is 1.87. The van der Waals surface area contributed by atoms with E-state index in [-0.39, 0.29) is 6.10 Å². The number of hydrogen-bond donors (Lipinski definition) is 1. The van der Waals surface area contributed by atoms with Gasteiger partial charge >= 0.3 is 6.09 Å². The summed E-state index contributed by atoms with van der Waals surface area (Å²) in [7, 11) is 1.41. The number of carbonyl (C=O) groups is 2. The molecule has 0 rings (SSSR count). The van der Waals surface area contributed by atoms with Crippen molar-refractivity contribution in [2.75, 3.05) is 7.05 Å². The van der Waals surface area contributed by atoms with E-state index in [0.29, 0.717) is 6.41 Å². The van der Waals surface area contributed by atoms with E-state index < -0.39 is 6.09 Å². The number of hydrogen-bond acceptors (Lipinski definition) is 3. The Morgan fingerprint density at radius 3 is 2.55 bits per heavy atom. The van der Waals surface area contributed by atoms with E-state index in [1.165, 1.54) is 7.05 Å². The second-order valence-corrected chi connectivity index (χ2v) is 2.28. The van der Waals surface area contributed by atoms with E-state index in [1.807, 2.05) is 0 Å². The van der Waals surface area contributed by atoms with Gasteiger partial charge in [-0.2, -0.15) is 0 Å². The molecule has 0 aromatic rings. The molecule has 0 aliphatic rings. The van der Waals surface area contributed by atoms with Crippen molar-refractivity contribution in [2.45, 2.75) is 20.0 Å². The Kier molecular flexibility index (Phi) is 4.02. The molecular weight excluding hydrogens is 148 g/mol. The lowest BCUT2D eigenvalue weighted by Crippen LogP contribution is -2.39. The van der Waals surface area contributed by atoms with Crippen LogP contribution in [0.4, 0.5) is 4.79 Å². The molecule has 0 spiro atoms. The summed E-state index contributed by atoms with van der Waals surface area (Å²) in [5.41, 5.74) is 2.16. The van der Waals surface area contributed by atoms with E-state index in [9.17, 15) is 9.59 Å². The van der Waals surface area contributed by atoms with Crippen LogP contribution in [0.15, 0.2) is 0 Å². The SMILES string of the molecule is CC(C)OC(=O)NN(C)C=O. The maximum absolute atomic E-state index is 10.7. The maximum Gasteiger partial charge on any atom is 0.426 e. The highest BCUT2D eigenvalue weighted by Gasteiger charge is 2.05. The Balaban J connectivity index is 3.60. The Bertz CT molecular complexity index is 147. The molecule has 2 amide bonds. The number of rotatable bonds is 3. The van der Waals surface area contributed by atoms with E-state index in [4.69, 9.17) is 0 Å². The quantitative estimate of drug-likeness (QED) is 0.471. The molecule has 0 aliphatic carbocycles. The average Bonchev–Trinajstić information content (AvgIpc) is 1.85. The molecule has 0 fully saturated rings. The van der Waals surface area contributed by atoms with Crippen LogP contribution in [0.5, 0.6) is 0 Å². The van der Waals surface area contributed by atoms with Gasteiger partial charge in [0.15, 0.2) is 0 Å². The van der Waals surface area contributed by atoms with Gasteiger partial charge in [-0.1, -0.05) is 0 Å². The molecule has 5 heteroatoms. The lowest BCUT2D eigenvalue weighted by Gasteiger charge is -2.13. The fraction of sp³-hybridized carbons (Fsp3) is 0.667. The van der Waals surface area contributed by atoms with Gasteiger partial charge in [0.25, 0.3) is 0 Å². The summed E-state index contributed by atoms with van der Waals surface area (Å²) in [5, 5.41) is 0.977. The third kappa shape index (κ3) is 5.20. The van der Waals surface area contributed by atoms with Gasteiger partial charge in [0.2, 0.25) is 6.41 Å². The minimum Gasteiger partial charge on any atom is -0.446 e. The standard InChI is InChI=1S/C6H12N2O3/c1-5(2)11-6(10)7-8(3)4-9/h4-5H,1-3H3,(H,7,10). The Hall–Kier alpha value is -1.26. The average molecular weight is 160 g/mol. The van der Waals surface area contributed by atoms with Crippen molar-refractivity contribution in [3.63, 3.8) is 0 Å². The van der Waals surface area contributed by atoms with Crippen molar-refractivity contribution >= 4 is 12.5 Å². The lowest BCUT2D eigenvalue weighted by atomic mass is 10.5. The minimum absolute atomic E-state index is 0.185. The first kappa shape index (κ1) is 9.74. The first-order chi connectivity index (χ1) is 5.06. The van der Waals surface area contributed by atoms with E-state index in [0.717, 1.165) is 5.01 Å². The molecule has 5 nitrogen and oxygen atoms in total. The highest BCUT2D eigenvalue weighted by atomic mass is 16.6. The summed E-state index contributed by atoms with van der Waals surface area (Å²) in [6.45, 7) is 3.45. The van der Waals surface area contributed by atoms with Gasteiger partial charge in [0.05, 0.1) is 6.10 Å². The summed E-state index contributed by atoms with van der Waals surface area (Å²) in [6, 6.07) is 0. The van der Waals surface area contributed by atoms with Crippen LogP contribution in [0.2, 0.25) is 0 Å². The molecule has 0 saturated carbocycles. The van der Waals surface area contributed by atoms with Crippen molar-refractivity contribution in [2.24, 2.45) is 0 Å². The Labute approximate surface area is 65.3 Å². The first-order valence-electron chi connectivity index (χ1n) is 3.21. The monoisotopic (exact) mass is 160 g/mol. The van der Waals surface area contributed by atoms with Crippen molar-refractivity contribution in [3.05, 3.63) is 0 Å². The molecule has 0 aromatic carbocycles. The zero-order valence-electron chi connectivity index (χ0n) is 6.83. The zero-order valence-corrected chi connectivity index (χ0v) is 6.83. The van der Waals surface area contributed by atoms with Crippen LogP contribution in [0, 0.1) is 0 Å². The predicted octanol–water partition coefficient (Wildman–Crippen LogP) is 0.124. The molecule has 0 unspecified atom stereocenters. The largest absolute Gasteiger partial charge is 0.446 e. The summed E-state index contributed by atoms with van der Waals surface area (Å²) >= 11 is 0. The molecule has 0 aromatic heterocycles. The topological polar surface area (TPSA) is 58.6 Å². The molecule has 0 atom stereocenters. The fourth-order valence-electron chi connectivity index (χ4n) is 0.411. The molecule has 0 bridgehead atoms. The summed E-state index contributed by atoms with van der Waals surface area (Å²) in [5.74, 6) is 0. The third-order valence-electron chi connectivity index (χ3n) is 0.768. The van der Waals surface area contributed by atoms with Crippen LogP contribution in [0.25, 0.3) is 0 Å². The first-order valence-corrected chi connectivity index (χ1v) is 3.21. The minimum atomic E-state index is -0.630. The smallest absolute Gasteiger partial charge is 0.426 e. The fourth-order valence-corrected chi connectivity index (χ4v) is 0.411. The molecular formula is C6H12N2O3. The van der Waals surface area contributed by atoms with Crippen LogP contribution in [-0.2, 0) is 9.53 Å². The third-order valence-corrected chi connectivity index (χ3v) is 0.768. The van der Waals surface area contributed by atoms with Gasteiger partial charge in [-0.05, 0) is 13.8 Å². The van der Waals surface area contributed by atoms with E-state index in [1.54, 1.807) is 13.8 Å². The van der Waals surface area contributed by atoms with Crippen molar-refractivity contribution in [1.29, 1.82) is 0 Å². The van der Waals surface area contributed by atoms with E-state index in [2.05, 4.69) is 10.2 Å². The van der Waals surface area contributed by atoms with Crippen LogP contribution in [-0.4, -0.2) is 30.7 Å². The van der Waals surface area contributed by atoms with Crippen molar-refractivity contribution in [3.8, 4) is 0 Å². The van der Waals surface area contributed by atoms with Gasteiger partial charge in [-0.3, -0.25) is 9.80 Å². The Morgan fingerprint density at radius 1 is 1.64 bits per heavy atom. The van der Waals surface area contributed by atoms with E-state index >= 15 is 0 Å². The molecule has 64 valence electrons. The number of ether oxygens (including phenoxy) is 1. The van der Waals surface area contributed by atoms with Gasteiger partial charge in [0.1, 0.15) is 0 Å². The number of hydrazine groups is 1. The summed E-state index contributed by atoms with van der Waals surface area (Å²) in [4.78, 5) is 20.7. The van der Waals surface area contributed by atoms with Crippen LogP contribution < -0.4 is 5.43 Å². The molecule has 0 aliphatic heterocycles. The van der Waals surface area contributed by atoms with Gasteiger partial charge in [-0.25, -0.2) is 10.2 Å². The molecule has 0 radical (unpaired) electrons. The second-order valence-electron chi connectivity index (χ2n) is 2.28. The molecule has 0 saturated heterocycles. The van der Waals surface area contributed by atoms with Crippen molar-refractivity contribution < 1.29 is 14.3 Å². The molecule has 11 heavy (non-hydrogen) atoms. The van der Waals surface area contributed by atoms with Gasteiger partial charge < -0.3 is 4.74 Å². The van der Waals surface area contributed by atoms with Crippen LogP contribution in [0.3, 0.4) is 0 Å². The zero-order chi connectivity index (χ0) is 8.85. The van der Waals surface area contributed by atoms with Gasteiger partial charge in [-0.15, -0.1) is 0 Å². The van der Waals surface area contributed by atoms with Crippen molar-refractivity contribution in [1.82, 2.24) is 10.4 Å². The van der Waals surface area contributed by atoms with Crippen LogP contribution >= 0.6 is 0 Å². The number of nitrogens with zero attached hydrogens (tertiary/aromatic N) is 1. The number of nitrogens with one attached hydrogen (secondary N) is 1. The molecule has 1 N–H and O–H groups in total. The summed E-state index contributed by atoms with van der Waals surface area (Å²) < 4.78 is 4.67. The Morgan fingerprint density at radius 2 is 2.18 bits per heavy atom. The number of amides is 2.